The number of likely N-dealkylation sites (tertiary alicyclic amines) is 1. The number of hydrogen-bond donors (Lipinski definition) is 2. The van der Waals surface area contributed by atoms with Crippen LogP contribution >= 0.6 is 39.9 Å². The first-order chi connectivity index (χ1) is 13.1. The number of aryl methyl sites for hydroxylation is 1. The Hall–Kier alpha value is -1.13. The lowest BCUT2D eigenvalue weighted by Crippen LogP contribution is -2.49. The standard InChI is InChI=1S/C20H29BrN6.HI/c1-16-13-24-27(14-16)12-9-23-20(22-2)25-19-7-10-26(11-8-19)15-17-3-5-18(21)6-4-17;/h3-6,13-14,19H,7-12,15H2,1-2H3,(H2,22,23,25);1H. The minimum Gasteiger partial charge on any atom is -0.355 e. The van der Waals surface area contributed by atoms with Crippen molar-refractivity contribution in [2.45, 2.75) is 38.9 Å². The van der Waals surface area contributed by atoms with Crippen LogP contribution in [0.4, 0.5) is 0 Å². The van der Waals surface area contributed by atoms with Gasteiger partial charge in [0.15, 0.2) is 5.96 Å². The van der Waals surface area contributed by atoms with Gasteiger partial charge in [0.05, 0.1) is 12.7 Å². The predicted molar refractivity (Wildman–Crippen MR) is 129 cm³/mol. The molecule has 2 N–H and O–H groups in total. The van der Waals surface area contributed by atoms with E-state index in [1.165, 1.54) is 11.1 Å². The number of aromatic nitrogens is 2. The average Bonchev–Trinajstić information content (AvgIpc) is 3.09. The number of hydrogen-bond acceptors (Lipinski definition) is 3. The van der Waals surface area contributed by atoms with Gasteiger partial charge in [-0.25, -0.2) is 0 Å². The fourth-order valence-electron chi connectivity index (χ4n) is 3.35. The first-order valence-corrected chi connectivity index (χ1v) is 10.3. The maximum atomic E-state index is 4.36. The molecule has 0 radical (unpaired) electrons. The number of nitrogens with one attached hydrogen (secondary N) is 2. The van der Waals surface area contributed by atoms with E-state index in [0.29, 0.717) is 6.04 Å². The number of piperidine rings is 1. The van der Waals surface area contributed by atoms with Crippen molar-refractivity contribution in [3.05, 3.63) is 52.3 Å². The monoisotopic (exact) mass is 560 g/mol. The highest BCUT2D eigenvalue weighted by Gasteiger charge is 2.20. The van der Waals surface area contributed by atoms with Gasteiger partial charge in [-0.1, -0.05) is 28.1 Å². The van der Waals surface area contributed by atoms with Crippen LogP contribution in [0.1, 0.15) is 24.0 Å². The molecule has 2 aromatic rings. The quantitative estimate of drug-likeness (QED) is 0.323. The summed E-state index contributed by atoms with van der Waals surface area (Å²) in [5.74, 6) is 0.880. The van der Waals surface area contributed by atoms with Crippen molar-refractivity contribution in [3.63, 3.8) is 0 Å². The zero-order valence-corrected chi connectivity index (χ0v) is 20.5. The van der Waals surface area contributed by atoms with E-state index in [4.69, 9.17) is 0 Å². The normalized spacial score (nSPS) is 15.9. The topological polar surface area (TPSA) is 57.5 Å². The molecular weight excluding hydrogens is 531 g/mol. The van der Waals surface area contributed by atoms with Gasteiger partial charge in [-0.2, -0.15) is 5.10 Å². The molecule has 1 aromatic heterocycles. The molecule has 154 valence electrons. The second kappa shape index (κ2) is 11.8. The van der Waals surface area contributed by atoms with Crippen LogP contribution < -0.4 is 10.6 Å². The van der Waals surface area contributed by atoms with Crippen molar-refractivity contribution in [3.8, 4) is 0 Å². The van der Waals surface area contributed by atoms with Crippen molar-refractivity contribution >= 4 is 45.9 Å². The van der Waals surface area contributed by atoms with Gasteiger partial charge in [0, 0.05) is 49.9 Å². The van der Waals surface area contributed by atoms with Gasteiger partial charge in [-0.15, -0.1) is 24.0 Å². The van der Waals surface area contributed by atoms with Crippen LogP contribution in [0.25, 0.3) is 0 Å². The van der Waals surface area contributed by atoms with E-state index in [1.807, 2.05) is 17.9 Å². The highest BCUT2D eigenvalue weighted by atomic mass is 127. The molecular formula is C20H30BrIN6. The van der Waals surface area contributed by atoms with Crippen molar-refractivity contribution in [2.75, 3.05) is 26.7 Å². The molecule has 2 heterocycles. The summed E-state index contributed by atoms with van der Waals surface area (Å²) in [5, 5.41) is 11.3. The second-order valence-corrected chi connectivity index (χ2v) is 8.02. The summed E-state index contributed by atoms with van der Waals surface area (Å²) in [6.45, 7) is 6.94. The number of aliphatic imine (C=N–C) groups is 1. The maximum absolute atomic E-state index is 4.36. The molecule has 1 aliphatic rings. The Labute approximate surface area is 193 Å². The van der Waals surface area contributed by atoms with Crippen LogP contribution in [-0.2, 0) is 13.1 Å². The SMILES string of the molecule is CN=C(NCCn1cc(C)cn1)NC1CCN(Cc2ccc(Br)cc2)CC1.I. The van der Waals surface area contributed by atoms with Gasteiger partial charge in [0.2, 0.25) is 0 Å². The molecule has 0 aliphatic carbocycles. The average molecular weight is 561 g/mol. The van der Waals surface area contributed by atoms with Crippen LogP contribution in [0.15, 0.2) is 46.1 Å². The third kappa shape index (κ3) is 7.36. The molecule has 8 heteroatoms. The van der Waals surface area contributed by atoms with Crippen molar-refractivity contribution < 1.29 is 0 Å². The number of guanidine groups is 1. The number of nitrogens with zero attached hydrogens (tertiary/aromatic N) is 4. The van der Waals surface area contributed by atoms with Crippen LogP contribution in [0, 0.1) is 6.92 Å². The third-order valence-electron chi connectivity index (χ3n) is 4.87. The Morgan fingerprint density at radius 1 is 1.25 bits per heavy atom. The minimum absolute atomic E-state index is 0. The van der Waals surface area contributed by atoms with E-state index in [0.717, 1.165) is 56.0 Å². The maximum Gasteiger partial charge on any atom is 0.191 e. The Morgan fingerprint density at radius 3 is 2.57 bits per heavy atom. The molecule has 0 spiro atoms. The summed E-state index contributed by atoms with van der Waals surface area (Å²) in [5.41, 5.74) is 2.56. The van der Waals surface area contributed by atoms with Crippen LogP contribution in [-0.4, -0.2) is 53.4 Å². The summed E-state index contributed by atoms with van der Waals surface area (Å²) < 4.78 is 3.09. The Balaban J connectivity index is 0.00000280. The lowest BCUT2D eigenvalue weighted by molar-refractivity contribution is 0.198. The predicted octanol–water partition coefficient (Wildman–Crippen LogP) is 3.40. The zero-order chi connectivity index (χ0) is 19.1. The summed E-state index contributed by atoms with van der Waals surface area (Å²) in [6, 6.07) is 9.10. The van der Waals surface area contributed by atoms with Crippen LogP contribution in [0.5, 0.6) is 0 Å². The summed E-state index contributed by atoms with van der Waals surface area (Å²) >= 11 is 3.50. The third-order valence-corrected chi connectivity index (χ3v) is 5.40. The second-order valence-electron chi connectivity index (χ2n) is 7.10. The van der Waals surface area contributed by atoms with E-state index >= 15 is 0 Å². The summed E-state index contributed by atoms with van der Waals surface area (Å²) in [7, 11) is 1.83. The molecule has 0 bridgehead atoms. The minimum atomic E-state index is 0. The Bertz CT molecular complexity index is 737. The van der Waals surface area contributed by atoms with E-state index in [2.05, 4.69) is 78.9 Å². The van der Waals surface area contributed by atoms with Gasteiger partial charge in [0.25, 0.3) is 0 Å². The molecule has 3 rings (SSSR count). The summed E-state index contributed by atoms with van der Waals surface area (Å²) in [4.78, 5) is 6.89. The van der Waals surface area contributed by atoms with Crippen LogP contribution in [0.3, 0.4) is 0 Å². The van der Waals surface area contributed by atoms with Gasteiger partial charge in [0.1, 0.15) is 0 Å². The van der Waals surface area contributed by atoms with Gasteiger partial charge in [-0.3, -0.25) is 14.6 Å². The van der Waals surface area contributed by atoms with E-state index in [1.54, 1.807) is 0 Å². The Morgan fingerprint density at radius 2 is 1.96 bits per heavy atom. The number of benzene rings is 1. The first kappa shape index (κ1) is 23.2. The van der Waals surface area contributed by atoms with Gasteiger partial charge < -0.3 is 10.6 Å². The number of rotatable bonds is 6. The molecule has 1 fully saturated rings. The molecule has 0 saturated carbocycles. The highest BCUT2D eigenvalue weighted by molar-refractivity contribution is 14.0. The van der Waals surface area contributed by atoms with Gasteiger partial charge >= 0.3 is 0 Å². The molecule has 1 saturated heterocycles. The van der Waals surface area contributed by atoms with Crippen LogP contribution in [0.2, 0.25) is 0 Å². The molecule has 6 nitrogen and oxygen atoms in total. The van der Waals surface area contributed by atoms with Gasteiger partial charge in [-0.05, 0) is 43.0 Å². The summed E-state index contributed by atoms with van der Waals surface area (Å²) in [6.07, 6.45) is 6.21. The van der Waals surface area contributed by atoms with Crippen molar-refractivity contribution in [2.24, 2.45) is 4.99 Å². The van der Waals surface area contributed by atoms with E-state index in [9.17, 15) is 0 Å². The smallest absolute Gasteiger partial charge is 0.191 e. The lowest BCUT2D eigenvalue weighted by Gasteiger charge is -2.33. The molecule has 1 aromatic carbocycles. The fourth-order valence-corrected chi connectivity index (χ4v) is 3.61. The fraction of sp³-hybridized carbons (Fsp3) is 0.500. The largest absolute Gasteiger partial charge is 0.355 e. The molecule has 0 atom stereocenters. The molecule has 28 heavy (non-hydrogen) atoms. The van der Waals surface area contributed by atoms with Crippen molar-refractivity contribution in [1.82, 2.24) is 25.3 Å². The zero-order valence-electron chi connectivity index (χ0n) is 16.6. The molecule has 0 unspecified atom stereocenters. The highest BCUT2D eigenvalue weighted by Crippen LogP contribution is 2.16. The first-order valence-electron chi connectivity index (χ1n) is 9.55. The number of halogens is 2. The Kier molecular flexibility index (Phi) is 9.73. The van der Waals surface area contributed by atoms with Crippen molar-refractivity contribution in [1.29, 1.82) is 0 Å². The molecule has 0 amide bonds. The molecule has 1 aliphatic heterocycles. The lowest BCUT2D eigenvalue weighted by atomic mass is 10.0. The van der Waals surface area contributed by atoms with E-state index < -0.39 is 0 Å². The van der Waals surface area contributed by atoms with E-state index in [-0.39, 0.29) is 24.0 Å².